The van der Waals surface area contributed by atoms with Crippen LogP contribution in [0.1, 0.15) is 31.2 Å². The zero-order valence-electron chi connectivity index (χ0n) is 18.0. The maximum Gasteiger partial charge on any atom is 0.417 e. The summed E-state index contributed by atoms with van der Waals surface area (Å²) in [7, 11) is 0. The highest BCUT2D eigenvalue weighted by atomic mass is 35.5. The van der Waals surface area contributed by atoms with Crippen molar-refractivity contribution in [2.75, 3.05) is 13.2 Å². The van der Waals surface area contributed by atoms with Crippen molar-refractivity contribution in [2.45, 2.75) is 43.9 Å². The van der Waals surface area contributed by atoms with Crippen molar-refractivity contribution in [1.82, 2.24) is 10.6 Å². The Bertz CT molecular complexity index is 995. The summed E-state index contributed by atoms with van der Waals surface area (Å²) >= 11 is 11.4. The predicted molar refractivity (Wildman–Crippen MR) is 121 cm³/mol. The first-order valence-corrected chi connectivity index (χ1v) is 11.3. The minimum atomic E-state index is -4.62. The minimum absolute atomic E-state index is 0.0272. The fourth-order valence-electron chi connectivity index (χ4n) is 3.56. The molecule has 1 aliphatic rings. The average molecular weight is 519 g/mol. The summed E-state index contributed by atoms with van der Waals surface area (Å²) in [5.41, 5.74) is -1.02. The van der Waals surface area contributed by atoms with E-state index in [0.717, 1.165) is 12.1 Å². The summed E-state index contributed by atoms with van der Waals surface area (Å²) in [5, 5.41) is 5.86. The van der Waals surface area contributed by atoms with Crippen molar-refractivity contribution in [2.24, 2.45) is 0 Å². The molecule has 0 saturated heterocycles. The normalized spacial score (nSPS) is 18.1. The highest BCUT2D eigenvalue weighted by molar-refractivity contribution is 6.31. The van der Waals surface area contributed by atoms with E-state index in [-0.39, 0.29) is 30.3 Å². The molecule has 0 heterocycles. The number of benzene rings is 2. The molecule has 34 heavy (non-hydrogen) atoms. The molecule has 2 aromatic carbocycles. The number of carbonyl (C=O) groups excluding carboxylic acids is 2. The molecule has 0 bridgehead atoms. The molecule has 0 unspecified atom stereocenters. The molecular weight excluding hydrogens is 496 g/mol. The number of ether oxygens (including phenoxy) is 2. The van der Waals surface area contributed by atoms with Crippen LogP contribution in [0.5, 0.6) is 11.5 Å². The number of carbonyl (C=O) groups is 2. The van der Waals surface area contributed by atoms with E-state index in [1.165, 1.54) is 6.07 Å². The van der Waals surface area contributed by atoms with Crippen LogP contribution in [0, 0.1) is 0 Å². The fraction of sp³-hybridized carbons (Fsp3) is 0.391. The molecule has 184 valence electrons. The Kier molecular flexibility index (Phi) is 8.90. The summed E-state index contributed by atoms with van der Waals surface area (Å²) < 4.78 is 49.4. The second-order valence-electron chi connectivity index (χ2n) is 7.85. The van der Waals surface area contributed by atoms with Gasteiger partial charge in [0.25, 0.3) is 11.8 Å². The third-order valence-electron chi connectivity index (χ3n) is 5.25. The highest BCUT2D eigenvalue weighted by Gasteiger charge is 2.33. The quantitative estimate of drug-likeness (QED) is 0.514. The van der Waals surface area contributed by atoms with Gasteiger partial charge in [-0.3, -0.25) is 9.59 Å². The van der Waals surface area contributed by atoms with E-state index in [2.05, 4.69) is 10.6 Å². The highest BCUT2D eigenvalue weighted by Crippen LogP contribution is 2.36. The molecular formula is C23H23Cl2F3N2O4. The standard InChI is InChI=1S/C23H23Cl2F3N2O4/c24-14-1-7-17(8-2-14)33-12-21(31)29-15-3-5-16(6-4-15)30-22(32)13-34-18-9-10-20(25)19(11-18)23(26,27)28/h1-2,7-11,15-16H,3-6,12-13H2,(H,29,31)(H,30,32). The molecule has 1 saturated carbocycles. The van der Waals surface area contributed by atoms with Crippen LogP contribution in [-0.2, 0) is 15.8 Å². The van der Waals surface area contributed by atoms with Crippen LogP contribution in [0.15, 0.2) is 42.5 Å². The second-order valence-corrected chi connectivity index (χ2v) is 8.70. The van der Waals surface area contributed by atoms with Crippen LogP contribution in [0.4, 0.5) is 13.2 Å². The lowest BCUT2D eigenvalue weighted by atomic mass is 9.91. The second kappa shape index (κ2) is 11.7. The van der Waals surface area contributed by atoms with Gasteiger partial charge in [-0.2, -0.15) is 13.2 Å². The Labute approximate surface area is 204 Å². The van der Waals surface area contributed by atoms with E-state index >= 15 is 0 Å². The Morgan fingerprint density at radius 2 is 1.29 bits per heavy atom. The molecule has 1 aliphatic carbocycles. The molecule has 1 fully saturated rings. The third kappa shape index (κ3) is 7.99. The number of halogens is 5. The van der Waals surface area contributed by atoms with Gasteiger partial charge in [-0.05, 0) is 68.1 Å². The van der Waals surface area contributed by atoms with Gasteiger partial charge in [-0.15, -0.1) is 0 Å². The van der Waals surface area contributed by atoms with Crippen LogP contribution in [-0.4, -0.2) is 37.1 Å². The molecule has 2 aromatic rings. The van der Waals surface area contributed by atoms with E-state index < -0.39 is 29.3 Å². The Morgan fingerprint density at radius 3 is 1.79 bits per heavy atom. The van der Waals surface area contributed by atoms with Crippen molar-refractivity contribution in [3.63, 3.8) is 0 Å². The van der Waals surface area contributed by atoms with Crippen molar-refractivity contribution in [3.05, 3.63) is 58.1 Å². The maximum atomic E-state index is 12.9. The van der Waals surface area contributed by atoms with E-state index in [0.29, 0.717) is 36.5 Å². The van der Waals surface area contributed by atoms with Crippen molar-refractivity contribution < 1.29 is 32.2 Å². The van der Waals surface area contributed by atoms with Crippen molar-refractivity contribution in [3.8, 4) is 11.5 Å². The number of rotatable bonds is 8. The molecule has 0 radical (unpaired) electrons. The lowest BCUT2D eigenvalue weighted by Gasteiger charge is -2.29. The first-order chi connectivity index (χ1) is 16.1. The number of amides is 2. The van der Waals surface area contributed by atoms with Crippen molar-refractivity contribution in [1.29, 1.82) is 0 Å². The topological polar surface area (TPSA) is 76.7 Å². The molecule has 0 aliphatic heterocycles. The summed E-state index contributed by atoms with van der Waals surface area (Å²) in [4.78, 5) is 24.3. The number of nitrogens with one attached hydrogen (secondary N) is 2. The summed E-state index contributed by atoms with van der Waals surface area (Å²) in [6.07, 6.45) is -1.98. The monoisotopic (exact) mass is 518 g/mol. The van der Waals surface area contributed by atoms with Gasteiger partial charge >= 0.3 is 6.18 Å². The minimum Gasteiger partial charge on any atom is -0.484 e. The average Bonchev–Trinajstić information content (AvgIpc) is 2.79. The van der Waals surface area contributed by atoms with Gasteiger partial charge in [0.15, 0.2) is 13.2 Å². The van der Waals surface area contributed by atoms with E-state index in [4.69, 9.17) is 32.7 Å². The molecule has 11 heteroatoms. The van der Waals surface area contributed by atoms with Crippen LogP contribution >= 0.6 is 23.2 Å². The molecule has 0 aromatic heterocycles. The van der Waals surface area contributed by atoms with E-state index in [9.17, 15) is 22.8 Å². The summed E-state index contributed by atoms with van der Waals surface area (Å²) in [5.74, 6) is -0.232. The molecule has 2 N–H and O–H groups in total. The van der Waals surface area contributed by atoms with Crippen LogP contribution < -0.4 is 20.1 Å². The lowest BCUT2D eigenvalue weighted by Crippen LogP contribution is -2.45. The first kappa shape index (κ1) is 26.0. The van der Waals surface area contributed by atoms with Crippen LogP contribution in [0.3, 0.4) is 0 Å². The Balaban J connectivity index is 1.35. The van der Waals surface area contributed by atoms with Gasteiger partial charge in [0, 0.05) is 17.1 Å². The molecule has 0 spiro atoms. The molecule has 6 nitrogen and oxygen atoms in total. The Hall–Kier alpha value is -2.65. The van der Waals surface area contributed by atoms with E-state index in [1.807, 2.05) is 0 Å². The predicted octanol–water partition coefficient (Wildman–Crippen LogP) is 5.01. The number of alkyl halides is 3. The fourth-order valence-corrected chi connectivity index (χ4v) is 3.91. The molecule has 3 rings (SSSR count). The molecule has 2 amide bonds. The number of hydrogen-bond donors (Lipinski definition) is 2. The lowest BCUT2D eigenvalue weighted by molar-refractivity contribution is -0.137. The van der Waals surface area contributed by atoms with Crippen LogP contribution in [0.2, 0.25) is 10.0 Å². The molecule has 0 atom stereocenters. The van der Waals surface area contributed by atoms with E-state index in [1.54, 1.807) is 24.3 Å². The largest absolute Gasteiger partial charge is 0.484 e. The number of hydrogen-bond acceptors (Lipinski definition) is 4. The first-order valence-electron chi connectivity index (χ1n) is 10.6. The SMILES string of the molecule is O=C(COc1ccc(Cl)cc1)NC1CCC(NC(=O)COc2ccc(Cl)c(C(F)(F)F)c2)CC1. The van der Waals surface area contributed by atoms with Gasteiger partial charge in [0.05, 0.1) is 10.6 Å². The maximum absolute atomic E-state index is 12.9. The van der Waals surface area contributed by atoms with Crippen molar-refractivity contribution >= 4 is 35.0 Å². The van der Waals surface area contributed by atoms with Gasteiger partial charge in [-0.25, -0.2) is 0 Å². The Morgan fingerprint density at radius 1 is 0.824 bits per heavy atom. The van der Waals surface area contributed by atoms with Gasteiger partial charge in [0.2, 0.25) is 0 Å². The summed E-state index contributed by atoms with van der Waals surface area (Å²) in [6, 6.07) is 9.68. The van der Waals surface area contributed by atoms with Gasteiger partial charge in [0.1, 0.15) is 11.5 Å². The smallest absolute Gasteiger partial charge is 0.417 e. The third-order valence-corrected chi connectivity index (χ3v) is 5.84. The van der Waals surface area contributed by atoms with Gasteiger partial charge in [-0.1, -0.05) is 23.2 Å². The zero-order valence-corrected chi connectivity index (χ0v) is 19.5. The van der Waals surface area contributed by atoms with Crippen LogP contribution in [0.25, 0.3) is 0 Å². The van der Waals surface area contributed by atoms with Gasteiger partial charge < -0.3 is 20.1 Å². The summed E-state index contributed by atoms with van der Waals surface area (Å²) in [6.45, 7) is -0.534. The zero-order chi connectivity index (χ0) is 24.7.